The maximum atomic E-state index is 12.6. The number of hydrogen-bond acceptors (Lipinski definition) is 3. The standard InChI is InChI=1S/C20H21NO3/c1-3-4-10-24-20(23)19-13(2)18-16(21-19)11-15(12-17(18)22)14-8-6-5-7-9-14/h3-9,15,21H,10-12H2,1-2H3/b4-3+. The Morgan fingerprint density at radius 2 is 2.04 bits per heavy atom. The normalized spacial score (nSPS) is 17.1. The van der Waals surface area contributed by atoms with E-state index in [0.717, 1.165) is 17.7 Å². The average molecular weight is 323 g/mol. The predicted octanol–water partition coefficient (Wildman–Crippen LogP) is 3.97. The summed E-state index contributed by atoms with van der Waals surface area (Å²) in [7, 11) is 0. The van der Waals surface area contributed by atoms with Crippen molar-refractivity contribution in [2.75, 3.05) is 6.61 Å². The van der Waals surface area contributed by atoms with E-state index < -0.39 is 5.97 Å². The number of hydrogen-bond donors (Lipinski definition) is 1. The monoisotopic (exact) mass is 323 g/mol. The van der Waals surface area contributed by atoms with Crippen LogP contribution in [0.1, 0.15) is 56.9 Å². The predicted molar refractivity (Wildman–Crippen MR) is 92.5 cm³/mol. The van der Waals surface area contributed by atoms with Crippen LogP contribution in [-0.4, -0.2) is 23.3 Å². The molecule has 1 aliphatic rings. The van der Waals surface area contributed by atoms with E-state index in [4.69, 9.17) is 4.74 Å². The Hall–Kier alpha value is -2.62. The molecule has 0 bridgehead atoms. The summed E-state index contributed by atoms with van der Waals surface area (Å²) in [5, 5.41) is 0. The van der Waals surface area contributed by atoms with Crippen LogP contribution < -0.4 is 0 Å². The maximum Gasteiger partial charge on any atom is 0.355 e. The number of carbonyl (C=O) groups excluding carboxylic acids is 2. The van der Waals surface area contributed by atoms with Gasteiger partial charge < -0.3 is 9.72 Å². The van der Waals surface area contributed by atoms with Crippen LogP contribution in [0, 0.1) is 6.92 Å². The van der Waals surface area contributed by atoms with Gasteiger partial charge in [0, 0.05) is 17.7 Å². The number of nitrogens with one attached hydrogen (secondary N) is 1. The molecule has 1 heterocycles. The molecule has 1 aliphatic carbocycles. The first kappa shape index (κ1) is 16.2. The zero-order valence-electron chi connectivity index (χ0n) is 14.0. The third-order valence-electron chi connectivity index (χ3n) is 4.51. The molecule has 0 radical (unpaired) electrons. The third-order valence-corrected chi connectivity index (χ3v) is 4.51. The fourth-order valence-electron chi connectivity index (χ4n) is 3.29. The molecule has 1 aromatic heterocycles. The number of ketones is 1. The molecule has 0 fully saturated rings. The number of aromatic nitrogens is 1. The second kappa shape index (κ2) is 6.87. The van der Waals surface area contributed by atoms with Crippen molar-refractivity contribution in [1.82, 2.24) is 4.98 Å². The van der Waals surface area contributed by atoms with Gasteiger partial charge in [0.25, 0.3) is 0 Å². The summed E-state index contributed by atoms with van der Waals surface area (Å²) in [6.07, 6.45) is 4.80. The highest BCUT2D eigenvalue weighted by atomic mass is 16.5. The van der Waals surface area contributed by atoms with Gasteiger partial charge in [0.2, 0.25) is 0 Å². The number of fused-ring (bicyclic) bond motifs is 1. The van der Waals surface area contributed by atoms with E-state index >= 15 is 0 Å². The lowest BCUT2D eigenvalue weighted by Crippen LogP contribution is -2.18. The smallest absolute Gasteiger partial charge is 0.355 e. The molecule has 4 nitrogen and oxygen atoms in total. The van der Waals surface area contributed by atoms with Crippen LogP contribution in [-0.2, 0) is 11.2 Å². The Labute approximate surface area is 141 Å². The molecule has 3 rings (SSSR count). The molecule has 0 spiro atoms. The minimum atomic E-state index is -0.413. The topological polar surface area (TPSA) is 59.2 Å². The molecular weight excluding hydrogens is 302 g/mol. The average Bonchev–Trinajstić information content (AvgIpc) is 2.93. The minimum absolute atomic E-state index is 0.0892. The molecule has 1 aromatic carbocycles. The van der Waals surface area contributed by atoms with Crippen molar-refractivity contribution in [1.29, 1.82) is 0 Å². The quantitative estimate of drug-likeness (QED) is 0.684. The van der Waals surface area contributed by atoms with Gasteiger partial charge in [-0.15, -0.1) is 0 Å². The molecule has 124 valence electrons. The van der Waals surface area contributed by atoms with E-state index in [1.165, 1.54) is 0 Å². The molecule has 2 aromatic rings. The number of H-pyrrole nitrogens is 1. The van der Waals surface area contributed by atoms with Gasteiger partial charge in [-0.05, 0) is 37.3 Å². The second-order valence-corrected chi connectivity index (χ2v) is 6.09. The Balaban J connectivity index is 1.87. The van der Waals surface area contributed by atoms with Gasteiger partial charge in [0.1, 0.15) is 12.3 Å². The van der Waals surface area contributed by atoms with Gasteiger partial charge in [-0.2, -0.15) is 0 Å². The first-order chi connectivity index (χ1) is 11.6. The Bertz CT molecular complexity index is 787. The summed E-state index contributed by atoms with van der Waals surface area (Å²) >= 11 is 0. The number of ether oxygens (including phenoxy) is 1. The van der Waals surface area contributed by atoms with Crippen LogP contribution >= 0.6 is 0 Å². The van der Waals surface area contributed by atoms with E-state index in [1.807, 2.05) is 50.3 Å². The van der Waals surface area contributed by atoms with Gasteiger partial charge in [-0.3, -0.25) is 4.79 Å². The summed E-state index contributed by atoms with van der Waals surface area (Å²) in [6.45, 7) is 3.91. The molecule has 24 heavy (non-hydrogen) atoms. The lowest BCUT2D eigenvalue weighted by Gasteiger charge is -2.22. The summed E-state index contributed by atoms with van der Waals surface area (Å²) < 4.78 is 5.21. The van der Waals surface area contributed by atoms with E-state index in [9.17, 15) is 9.59 Å². The molecule has 0 amide bonds. The molecule has 0 aliphatic heterocycles. The van der Waals surface area contributed by atoms with Crippen LogP contribution in [0.5, 0.6) is 0 Å². The Kier molecular flexibility index (Phi) is 4.65. The van der Waals surface area contributed by atoms with Crippen LogP contribution in [0.3, 0.4) is 0 Å². The zero-order valence-corrected chi connectivity index (χ0v) is 14.0. The summed E-state index contributed by atoms with van der Waals surface area (Å²) in [5.41, 5.74) is 3.76. The number of benzene rings is 1. The zero-order chi connectivity index (χ0) is 17.1. The van der Waals surface area contributed by atoms with Crippen molar-refractivity contribution < 1.29 is 14.3 Å². The highest BCUT2D eigenvalue weighted by molar-refractivity contribution is 6.03. The molecule has 1 atom stereocenters. The highest BCUT2D eigenvalue weighted by Gasteiger charge is 2.32. The lowest BCUT2D eigenvalue weighted by atomic mass is 9.81. The number of rotatable bonds is 4. The van der Waals surface area contributed by atoms with E-state index in [1.54, 1.807) is 6.08 Å². The minimum Gasteiger partial charge on any atom is -0.457 e. The van der Waals surface area contributed by atoms with E-state index in [-0.39, 0.29) is 18.3 Å². The maximum absolute atomic E-state index is 12.6. The first-order valence-corrected chi connectivity index (χ1v) is 8.19. The number of aromatic amines is 1. The number of Topliss-reactive ketones (excluding diaryl/α,β-unsaturated/α-hetero) is 1. The van der Waals surface area contributed by atoms with Crippen LogP contribution in [0.4, 0.5) is 0 Å². The van der Waals surface area contributed by atoms with Crippen LogP contribution in [0.25, 0.3) is 0 Å². The molecule has 0 saturated heterocycles. The van der Waals surface area contributed by atoms with Gasteiger partial charge >= 0.3 is 5.97 Å². The lowest BCUT2D eigenvalue weighted by molar-refractivity contribution is 0.0542. The van der Waals surface area contributed by atoms with Crippen molar-refractivity contribution in [3.63, 3.8) is 0 Å². The van der Waals surface area contributed by atoms with E-state index in [2.05, 4.69) is 4.98 Å². The Morgan fingerprint density at radius 1 is 1.29 bits per heavy atom. The largest absolute Gasteiger partial charge is 0.457 e. The molecule has 1 unspecified atom stereocenters. The summed E-state index contributed by atoms with van der Waals surface area (Å²) in [4.78, 5) is 28.0. The Morgan fingerprint density at radius 3 is 2.75 bits per heavy atom. The molecule has 4 heteroatoms. The van der Waals surface area contributed by atoms with Crippen molar-refractivity contribution in [2.24, 2.45) is 0 Å². The van der Waals surface area contributed by atoms with Crippen LogP contribution in [0.15, 0.2) is 42.5 Å². The summed E-state index contributed by atoms with van der Waals surface area (Å²) in [6, 6.07) is 10.0. The highest BCUT2D eigenvalue weighted by Crippen LogP contribution is 2.35. The fraction of sp³-hybridized carbons (Fsp3) is 0.300. The van der Waals surface area contributed by atoms with E-state index in [0.29, 0.717) is 23.2 Å². The van der Waals surface area contributed by atoms with Crippen molar-refractivity contribution in [3.05, 3.63) is 70.6 Å². The number of allylic oxidation sites excluding steroid dienone is 1. The fourth-order valence-corrected chi connectivity index (χ4v) is 3.29. The van der Waals surface area contributed by atoms with Crippen molar-refractivity contribution in [2.45, 2.75) is 32.6 Å². The number of carbonyl (C=O) groups is 2. The summed E-state index contributed by atoms with van der Waals surface area (Å²) in [5.74, 6) is -0.174. The van der Waals surface area contributed by atoms with Crippen LogP contribution in [0.2, 0.25) is 0 Å². The molecule has 0 saturated carbocycles. The van der Waals surface area contributed by atoms with Crippen molar-refractivity contribution in [3.8, 4) is 0 Å². The SMILES string of the molecule is C/C=C/COC(=O)c1[nH]c2c(c1C)C(=O)CC(c1ccccc1)C2. The van der Waals surface area contributed by atoms with Gasteiger partial charge in [0.05, 0.1) is 0 Å². The second-order valence-electron chi connectivity index (χ2n) is 6.09. The third kappa shape index (κ3) is 3.04. The first-order valence-electron chi connectivity index (χ1n) is 8.19. The van der Waals surface area contributed by atoms with Gasteiger partial charge in [0.15, 0.2) is 5.78 Å². The van der Waals surface area contributed by atoms with Crippen molar-refractivity contribution >= 4 is 11.8 Å². The van der Waals surface area contributed by atoms with Gasteiger partial charge in [-0.1, -0.05) is 42.5 Å². The molecule has 1 N–H and O–H groups in total. The van der Waals surface area contributed by atoms with Gasteiger partial charge in [-0.25, -0.2) is 4.79 Å². The molecular formula is C20H21NO3. The number of esters is 1.